The zero-order valence-corrected chi connectivity index (χ0v) is 14.4. The molecule has 0 aliphatic heterocycles. The Kier molecular flexibility index (Phi) is 6.87. The molecule has 19 heavy (non-hydrogen) atoms. The van der Waals surface area contributed by atoms with Crippen molar-refractivity contribution in [3.63, 3.8) is 0 Å². The standard InChI is InChI=1S/C16H26BrNO/c1-11(8-9-18-4)6-7-14-13(3)15(17)10-12(2)16(14)19-5/h10-11,18H,6-9H2,1-5H3. The first-order valence-corrected chi connectivity index (χ1v) is 7.77. The van der Waals surface area contributed by atoms with Crippen LogP contribution in [0.1, 0.15) is 36.5 Å². The van der Waals surface area contributed by atoms with Crippen LogP contribution in [0.4, 0.5) is 0 Å². The Bertz CT molecular complexity index is 418. The Morgan fingerprint density at radius 2 is 2.00 bits per heavy atom. The Labute approximate surface area is 126 Å². The lowest BCUT2D eigenvalue weighted by Gasteiger charge is -2.18. The molecule has 1 N–H and O–H groups in total. The zero-order chi connectivity index (χ0) is 14.4. The molecule has 0 aromatic heterocycles. The van der Waals surface area contributed by atoms with Gasteiger partial charge in [0.1, 0.15) is 5.75 Å². The molecule has 1 aromatic rings. The molecule has 2 nitrogen and oxygen atoms in total. The summed E-state index contributed by atoms with van der Waals surface area (Å²) in [6.45, 7) is 7.69. The average Bonchev–Trinajstić information content (AvgIpc) is 2.38. The van der Waals surface area contributed by atoms with E-state index in [-0.39, 0.29) is 0 Å². The van der Waals surface area contributed by atoms with Crippen molar-refractivity contribution >= 4 is 15.9 Å². The lowest BCUT2D eigenvalue weighted by atomic mass is 9.94. The first kappa shape index (κ1) is 16.5. The maximum Gasteiger partial charge on any atom is 0.125 e. The Balaban J connectivity index is 2.82. The van der Waals surface area contributed by atoms with E-state index < -0.39 is 0 Å². The molecule has 0 bridgehead atoms. The first-order chi connectivity index (χ1) is 9.01. The molecule has 0 saturated heterocycles. The molecule has 0 amide bonds. The van der Waals surface area contributed by atoms with Crippen LogP contribution in [-0.2, 0) is 6.42 Å². The molecule has 3 heteroatoms. The number of nitrogens with one attached hydrogen (secondary N) is 1. The summed E-state index contributed by atoms with van der Waals surface area (Å²) in [7, 11) is 3.78. The summed E-state index contributed by atoms with van der Waals surface area (Å²) in [5.41, 5.74) is 3.87. The van der Waals surface area contributed by atoms with E-state index in [0.29, 0.717) is 0 Å². The lowest BCUT2D eigenvalue weighted by molar-refractivity contribution is 0.401. The van der Waals surface area contributed by atoms with E-state index in [1.54, 1.807) is 7.11 Å². The maximum absolute atomic E-state index is 5.59. The molecular formula is C16H26BrNO. The smallest absolute Gasteiger partial charge is 0.125 e. The molecule has 1 rings (SSSR count). The largest absolute Gasteiger partial charge is 0.496 e. The summed E-state index contributed by atoms with van der Waals surface area (Å²) in [6, 6.07) is 2.14. The summed E-state index contributed by atoms with van der Waals surface area (Å²) in [6.07, 6.45) is 3.51. The van der Waals surface area contributed by atoms with Crippen molar-refractivity contribution < 1.29 is 4.74 Å². The highest BCUT2D eigenvalue weighted by Crippen LogP contribution is 2.33. The monoisotopic (exact) mass is 327 g/mol. The predicted octanol–water partition coefficient (Wildman–Crippen LogP) is 4.25. The molecule has 0 heterocycles. The van der Waals surface area contributed by atoms with E-state index in [2.05, 4.69) is 48.1 Å². The van der Waals surface area contributed by atoms with Crippen LogP contribution in [0.15, 0.2) is 10.5 Å². The second-order valence-corrected chi connectivity index (χ2v) is 6.20. The SMILES string of the molecule is CNCCC(C)CCc1c(C)c(Br)cc(C)c1OC. The van der Waals surface area contributed by atoms with Crippen molar-refractivity contribution in [3.8, 4) is 5.75 Å². The third-order valence-electron chi connectivity index (χ3n) is 3.76. The lowest BCUT2D eigenvalue weighted by Crippen LogP contribution is -2.12. The number of hydrogen-bond acceptors (Lipinski definition) is 2. The average molecular weight is 328 g/mol. The quantitative estimate of drug-likeness (QED) is 0.808. The van der Waals surface area contributed by atoms with E-state index in [9.17, 15) is 0 Å². The number of aryl methyl sites for hydroxylation is 1. The minimum absolute atomic E-state index is 0.732. The van der Waals surface area contributed by atoms with E-state index in [1.165, 1.54) is 34.0 Å². The number of rotatable bonds is 7. The van der Waals surface area contributed by atoms with Crippen LogP contribution >= 0.6 is 15.9 Å². The predicted molar refractivity (Wildman–Crippen MR) is 86.2 cm³/mol. The third kappa shape index (κ3) is 4.50. The van der Waals surface area contributed by atoms with E-state index in [1.807, 2.05) is 7.05 Å². The fourth-order valence-corrected chi connectivity index (χ4v) is 3.01. The summed E-state index contributed by atoms with van der Waals surface area (Å²) in [5.74, 6) is 1.79. The molecule has 0 radical (unpaired) electrons. The van der Waals surface area contributed by atoms with Gasteiger partial charge < -0.3 is 10.1 Å². The summed E-state index contributed by atoms with van der Waals surface area (Å²) >= 11 is 3.64. The van der Waals surface area contributed by atoms with Gasteiger partial charge in [0.25, 0.3) is 0 Å². The third-order valence-corrected chi connectivity index (χ3v) is 4.59. The van der Waals surface area contributed by atoms with Crippen LogP contribution < -0.4 is 10.1 Å². The molecule has 1 atom stereocenters. The van der Waals surface area contributed by atoms with Gasteiger partial charge in [0.2, 0.25) is 0 Å². The van der Waals surface area contributed by atoms with Crippen LogP contribution in [0.3, 0.4) is 0 Å². The highest BCUT2D eigenvalue weighted by Gasteiger charge is 2.14. The van der Waals surface area contributed by atoms with Crippen LogP contribution in [0, 0.1) is 19.8 Å². The van der Waals surface area contributed by atoms with Gasteiger partial charge in [-0.05, 0) is 75.4 Å². The van der Waals surface area contributed by atoms with Crippen molar-refractivity contribution in [2.24, 2.45) is 5.92 Å². The molecule has 0 saturated carbocycles. The number of ether oxygens (including phenoxy) is 1. The van der Waals surface area contributed by atoms with Gasteiger partial charge >= 0.3 is 0 Å². The van der Waals surface area contributed by atoms with Gasteiger partial charge in [-0.15, -0.1) is 0 Å². The van der Waals surface area contributed by atoms with Crippen molar-refractivity contribution in [2.45, 2.75) is 40.0 Å². The van der Waals surface area contributed by atoms with Crippen molar-refractivity contribution in [1.29, 1.82) is 0 Å². The maximum atomic E-state index is 5.59. The Hall–Kier alpha value is -0.540. The topological polar surface area (TPSA) is 21.3 Å². The summed E-state index contributed by atoms with van der Waals surface area (Å²) in [4.78, 5) is 0. The van der Waals surface area contributed by atoms with Crippen molar-refractivity contribution in [1.82, 2.24) is 5.32 Å². The Morgan fingerprint density at radius 1 is 1.32 bits per heavy atom. The van der Waals surface area contributed by atoms with Crippen molar-refractivity contribution in [3.05, 3.63) is 27.2 Å². The van der Waals surface area contributed by atoms with E-state index >= 15 is 0 Å². The molecule has 108 valence electrons. The molecule has 0 spiro atoms. The van der Waals surface area contributed by atoms with E-state index in [0.717, 1.165) is 24.6 Å². The van der Waals surface area contributed by atoms with Gasteiger partial charge in [-0.25, -0.2) is 0 Å². The second kappa shape index (κ2) is 7.91. The van der Waals surface area contributed by atoms with Gasteiger partial charge in [0, 0.05) is 4.47 Å². The minimum atomic E-state index is 0.732. The molecule has 0 fully saturated rings. The fraction of sp³-hybridized carbons (Fsp3) is 0.625. The van der Waals surface area contributed by atoms with Gasteiger partial charge in [-0.1, -0.05) is 22.9 Å². The number of benzene rings is 1. The summed E-state index contributed by atoms with van der Waals surface area (Å²) < 4.78 is 6.78. The molecular weight excluding hydrogens is 302 g/mol. The molecule has 0 aliphatic rings. The molecule has 0 aliphatic carbocycles. The number of methoxy groups -OCH3 is 1. The molecule has 1 unspecified atom stereocenters. The zero-order valence-electron chi connectivity index (χ0n) is 12.8. The minimum Gasteiger partial charge on any atom is -0.496 e. The highest BCUT2D eigenvalue weighted by molar-refractivity contribution is 9.10. The normalized spacial score (nSPS) is 12.5. The second-order valence-electron chi connectivity index (χ2n) is 5.35. The number of halogens is 1. The Morgan fingerprint density at radius 3 is 2.58 bits per heavy atom. The summed E-state index contributed by atoms with van der Waals surface area (Å²) in [5, 5.41) is 3.22. The van der Waals surface area contributed by atoms with Crippen LogP contribution in [0.2, 0.25) is 0 Å². The van der Waals surface area contributed by atoms with Gasteiger partial charge in [-0.2, -0.15) is 0 Å². The van der Waals surface area contributed by atoms with Crippen LogP contribution in [0.5, 0.6) is 5.75 Å². The first-order valence-electron chi connectivity index (χ1n) is 6.98. The van der Waals surface area contributed by atoms with Crippen molar-refractivity contribution in [2.75, 3.05) is 20.7 Å². The fourth-order valence-electron chi connectivity index (χ4n) is 2.43. The highest BCUT2D eigenvalue weighted by atomic mass is 79.9. The molecule has 1 aromatic carbocycles. The van der Waals surface area contributed by atoms with Gasteiger partial charge in [0.15, 0.2) is 0 Å². The van der Waals surface area contributed by atoms with Gasteiger partial charge in [-0.3, -0.25) is 0 Å². The van der Waals surface area contributed by atoms with Crippen LogP contribution in [-0.4, -0.2) is 20.7 Å². The number of hydrogen-bond donors (Lipinski definition) is 1. The van der Waals surface area contributed by atoms with E-state index in [4.69, 9.17) is 4.74 Å². The van der Waals surface area contributed by atoms with Crippen LogP contribution in [0.25, 0.3) is 0 Å². The van der Waals surface area contributed by atoms with Gasteiger partial charge in [0.05, 0.1) is 7.11 Å².